The molecule has 154 valence electrons. The minimum Gasteiger partial charge on any atom is -0.390 e. The molecule has 10 heteroatoms. The fraction of sp³-hybridized carbons (Fsp3) is 0.350. The summed E-state index contributed by atoms with van der Waals surface area (Å²) in [6, 6.07) is 6.90. The van der Waals surface area contributed by atoms with Gasteiger partial charge in [-0.2, -0.15) is 4.68 Å². The predicted octanol–water partition coefficient (Wildman–Crippen LogP) is 1.84. The molecule has 5 rings (SSSR count). The van der Waals surface area contributed by atoms with Crippen LogP contribution in [0, 0.1) is 6.92 Å². The lowest BCUT2D eigenvalue weighted by molar-refractivity contribution is 0.00178. The molecule has 1 aliphatic rings. The number of benzene rings is 1. The Morgan fingerprint density at radius 3 is 2.60 bits per heavy atom. The zero-order valence-electron chi connectivity index (χ0n) is 16.4. The molecule has 0 atom stereocenters. The number of halogens is 1. The van der Waals surface area contributed by atoms with Gasteiger partial charge in [-0.15, -0.1) is 5.10 Å². The second-order valence-electron chi connectivity index (χ2n) is 7.80. The average Bonchev–Trinajstić information content (AvgIpc) is 3.25. The van der Waals surface area contributed by atoms with Gasteiger partial charge in [0.1, 0.15) is 18.5 Å². The predicted molar refractivity (Wildman–Crippen MR) is 105 cm³/mol. The van der Waals surface area contributed by atoms with E-state index in [4.69, 9.17) is 4.42 Å². The molecule has 0 saturated heterocycles. The highest BCUT2D eigenvalue weighted by Crippen LogP contribution is 2.50. The molecule has 0 amide bonds. The highest BCUT2D eigenvalue weighted by molar-refractivity contribution is 5.68. The Labute approximate surface area is 169 Å². The maximum Gasteiger partial charge on any atom is 0.437 e. The quantitative estimate of drug-likeness (QED) is 0.509. The van der Waals surface area contributed by atoms with Crippen molar-refractivity contribution in [3.63, 3.8) is 0 Å². The minimum atomic E-state index is -1.48. The highest BCUT2D eigenvalue weighted by atomic mass is 19.1. The lowest BCUT2D eigenvalue weighted by Gasteiger charge is -2.40. The van der Waals surface area contributed by atoms with Crippen molar-refractivity contribution in [3.8, 4) is 0 Å². The number of aryl methyl sites for hydroxylation is 2. The van der Waals surface area contributed by atoms with E-state index in [9.17, 15) is 9.59 Å². The summed E-state index contributed by atoms with van der Waals surface area (Å²) in [4.78, 5) is 33.1. The fourth-order valence-electron chi connectivity index (χ4n) is 3.90. The number of alkyl halides is 1. The van der Waals surface area contributed by atoms with Crippen molar-refractivity contribution in [1.29, 1.82) is 0 Å². The number of rotatable bonds is 4. The summed E-state index contributed by atoms with van der Waals surface area (Å²) >= 11 is 0. The summed E-state index contributed by atoms with van der Waals surface area (Å²) in [6.07, 6.45) is 3.13. The van der Waals surface area contributed by atoms with E-state index in [2.05, 4.69) is 15.1 Å². The smallest absolute Gasteiger partial charge is 0.390 e. The summed E-state index contributed by atoms with van der Waals surface area (Å²) < 4.78 is 24.4. The number of imidazole rings is 1. The first-order chi connectivity index (χ1) is 14.3. The van der Waals surface area contributed by atoms with Crippen molar-refractivity contribution in [3.05, 3.63) is 74.8 Å². The average molecular weight is 410 g/mol. The molecule has 30 heavy (non-hydrogen) atoms. The lowest BCUT2D eigenvalue weighted by atomic mass is 9.73. The van der Waals surface area contributed by atoms with Crippen molar-refractivity contribution in [1.82, 2.24) is 28.9 Å². The van der Waals surface area contributed by atoms with E-state index in [1.807, 2.05) is 19.1 Å². The van der Waals surface area contributed by atoms with Crippen LogP contribution in [-0.4, -0.2) is 28.9 Å². The first kappa shape index (κ1) is 18.5. The molecule has 9 nitrogen and oxygen atoms in total. The van der Waals surface area contributed by atoms with Crippen LogP contribution >= 0.6 is 0 Å². The van der Waals surface area contributed by atoms with Gasteiger partial charge in [0.15, 0.2) is 11.2 Å². The molecule has 0 spiro atoms. The van der Waals surface area contributed by atoms with Crippen molar-refractivity contribution in [2.24, 2.45) is 7.05 Å². The topological polar surface area (TPSA) is 101 Å². The molecule has 4 aromatic rings. The van der Waals surface area contributed by atoms with E-state index in [1.165, 1.54) is 21.9 Å². The number of hydrogen-bond acceptors (Lipinski definition) is 6. The van der Waals surface area contributed by atoms with Crippen molar-refractivity contribution in [2.75, 3.05) is 0 Å². The zero-order valence-corrected chi connectivity index (χ0v) is 16.4. The summed E-state index contributed by atoms with van der Waals surface area (Å²) in [5.74, 6) is -0.597. The summed E-state index contributed by atoms with van der Waals surface area (Å²) in [7, 11) is 1.70. The Balaban J connectivity index is 1.37. The summed E-state index contributed by atoms with van der Waals surface area (Å²) in [6.45, 7) is 1.89. The molecule has 0 bridgehead atoms. The van der Waals surface area contributed by atoms with Crippen LogP contribution in [0.5, 0.6) is 0 Å². The second kappa shape index (κ2) is 6.48. The third kappa shape index (κ3) is 2.87. The van der Waals surface area contributed by atoms with Gasteiger partial charge in [-0.25, -0.2) is 19.2 Å². The first-order valence-corrected chi connectivity index (χ1v) is 9.55. The highest BCUT2D eigenvalue weighted by Gasteiger charge is 2.48. The van der Waals surface area contributed by atoms with Crippen LogP contribution < -0.4 is 11.3 Å². The van der Waals surface area contributed by atoms with Crippen LogP contribution in [0.2, 0.25) is 0 Å². The SMILES string of the molecule is Cc1ccc([C@]2(F)C[C@@H](n3nc(Cn4cnc5ncn(C)c5c4=O)oc3=O)C2)cc1. The molecule has 0 unspecified atom stereocenters. The maximum atomic E-state index is 15.2. The van der Waals surface area contributed by atoms with Gasteiger partial charge in [-0.3, -0.25) is 9.36 Å². The second-order valence-corrected chi connectivity index (χ2v) is 7.80. The number of hydrogen-bond donors (Lipinski definition) is 0. The Morgan fingerprint density at radius 2 is 1.87 bits per heavy atom. The minimum absolute atomic E-state index is 0.0549. The van der Waals surface area contributed by atoms with Crippen LogP contribution in [0.3, 0.4) is 0 Å². The fourth-order valence-corrected chi connectivity index (χ4v) is 3.90. The van der Waals surface area contributed by atoms with Crippen LogP contribution in [0.15, 0.2) is 50.9 Å². The van der Waals surface area contributed by atoms with Crippen molar-refractivity contribution >= 4 is 11.2 Å². The molecule has 0 radical (unpaired) electrons. The summed E-state index contributed by atoms with van der Waals surface area (Å²) in [5.41, 5.74) is 0.549. The molecular formula is C20H19FN6O3. The molecule has 1 fully saturated rings. The van der Waals surface area contributed by atoms with E-state index in [1.54, 1.807) is 23.7 Å². The molecule has 1 aliphatic carbocycles. The zero-order chi connectivity index (χ0) is 21.0. The van der Waals surface area contributed by atoms with E-state index in [-0.39, 0.29) is 30.8 Å². The lowest BCUT2D eigenvalue weighted by Crippen LogP contribution is -2.41. The van der Waals surface area contributed by atoms with Crippen LogP contribution in [0.25, 0.3) is 11.2 Å². The van der Waals surface area contributed by atoms with Crippen LogP contribution in [0.1, 0.15) is 35.9 Å². The van der Waals surface area contributed by atoms with Crippen molar-refractivity contribution < 1.29 is 8.81 Å². The molecule has 0 aliphatic heterocycles. The molecule has 1 saturated carbocycles. The molecule has 1 aromatic carbocycles. The Hall–Kier alpha value is -3.56. The Bertz CT molecular complexity index is 1360. The van der Waals surface area contributed by atoms with Crippen LogP contribution in [-0.2, 0) is 19.3 Å². The third-order valence-corrected chi connectivity index (χ3v) is 5.65. The van der Waals surface area contributed by atoms with E-state index in [0.29, 0.717) is 16.7 Å². The normalized spacial score (nSPS) is 21.1. The van der Waals surface area contributed by atoms with Gasteiger partial charge in [0.25, 0.3) is 5.56 Å². The van der Waals surface area contributed by atoms with Gasteiger partial charge in [0.05, 0.1) is 12.4 Å². The Morgan fingerprint density at radius 1 is 1.17 bits per heavy atom. The Kier molecular flexibility index (Phi) is 3.99. The summed E-state index contributed by atoms with van der Waals surface area (Å²) in [5, 5.41) is 4.19. The van der Waals surface area contributed by atoms with Crippen LogP contribution in [0.4, 0.5) is 4.39 Å². The van der Waals surface area contributed by atoms with Crippen molar-refractivity contribution in [2.45, 2.75) is 38.0 Å². The van der Waals surface area contributed by atoms with Gasteiger partial charge in [-0.1, -0.05) is 29.8 Å². The molecule has 0 N–H and O–H groups in total. The molecule has 3 aromatic heterocycles. The largest absolute Gasteiger partial charge is 0.437 e. The van der Waals surface area contributed by atoms with Gasteiger partial charge >= 0.3 is 5.76 Å². The first-order valence-electron chi connectivity index (χ1n) is 9.55. The number of fused-ring (bicyclic) bond motifs is 1. The van der Waals surface area contributed by atoms with Gasteiger partial charge < -0.3 is 8.98 Å². The van der Waals surface area contributed by atoms with E-state index >= 15 is 4.39 Å². The van der Waals surface area contributed by atoms with E-state index in [0.717, 1.165) is 5.56 Å². The van der Waals surface area contributed by atoms with Gasteiger partial charge in [0.2, 0.25) is 5.89 Å². The standard InChI is InChI=1S/C20H19FN6O3/c1-12-3-5-13(6-4-12)20(21)7-14(8-20)27-19(29)30-15(24-27)9-26-11-23-17-16(18(26)28)25(2)10-22-17/h3-6,10-11,14H,7-9H2,1-2H3/t14-,20+. The number of nitrogens with zero attached hydrogens (tertiary/aromatic N) is 6. The monoisotopic (exact) mass is 410 g/mol. The molecular weight excluding hydrogens is 391 g/mol. The van der Waals surface area contributed by atoms with Gasteiger partial charge in [0, 0.05) is 19.9 Å². The third-order valence-electron chi connectivity index (χ3n) is 5.65. The van der Waals surface area contributed by atoms with Gasteiger partial charge in [-0.05, 0) is 12.5 Å². The maximum absolute atomic E-state index is 15.2. The molecule has 3 heterocycles. The van der Waals surface area contributed by atoms with E-state index < -0.39 is 17.5 Å². The number of aromatic nitrogens is 6.